The molecule has 1 aromatic heterocycles. The van der Waals surface area contributed by atoms with E-state index in [-0.39, 0.29) is 38.6 Å². The summed E-state index contributed by atoms with van der Waals surface area (Å²) in [5, 5.41) is 4.72. The van der Waals surface area contributed by atoms with Gasteiger partial charge >= 0.3 is 6.18 Å². The lowest BCUT2D eigenvalue weighted by Gasteiger charge is -2.13. The first-order valence-electron chi connectivity index (χ1n) is 10.2. The van der Waals surface area contributed by atoms with E-state index in [1.807, 2.05) is 0 Å². The van der Waals surface area contributed by atoms with Crippen LogP contribution in [0.15, 0.2) is 75.0 Å². The second-order valence-corrected chi connectivity index (χ2v) is 8.74. The van der Waals surface area contributed by atoms with E-state index in [9.17, 15) is 22.8 Å². The number of para-hydroxylation sites is 1. The smallest absolute Gasteiger partial charge is 0.416 e. The van der Waals surface area contributed by atoms with Crippen LogP contribution in [0.3, 0.4) is 0 Å². The molecule has 0 radical (unpaired) electrons. The van der Waals surface area contributed by atoms with E-state index in [1.165, 1.54) is 36.5 Å². The molecule has 0 fully saturated rings. The first-order valence-corrected chi connectivity index (χ1v) is 11.4. The molecule has 2 N–H and O–H groups in total. The quantitative estimate of drug-likeness (QED) is 0.316. The number of hydrogen-bond donors (Lipinski definition) is 1. The Morgan fingerprint density at radius 2 is 1.92 bits per heavy atom. The van der Waals surface area contributed by atoms with E-state index in [0.717, 1.165) is 16.8 Å². The number of amides is 1. The standard InChI is InChI=1S/C24H15BrClF3N4O3/c25-18-10-16(26)9-14(21(18)36-12-20(30)34)11-31-33-22(13-4-3-5-15(8-13)24(27,28)29)32-19-7-2-1-6-17(19)23(33)35/h1-11H,12H2,(H2,30,34). The fourth-order valence-electron chi connectivity index (χ4n) is 3.34. The molecule has 0 bridgehead atoms. The summed E-state index contributed by atoms with van der Waals surface area (Å²) < 4.78 is 46.8. The molecule has 184 valence electrons. The van der Waals surface area contributed by atoms with E-state index in [0.29, 0.717) is 4.47 Å². The van der Waals surface area contributed by atoms with Crippen molar-refractivity contribution in [3.63, 3.8) is 0 Å². The monoisotopic (exact) mass is 578 g/mol. The molecule has 0 saturated carbocycles. The Balaban J connectivity index is 1.92. The van der Waals surface area contributed by atoms with Crippen molar-refractivity contribution < 1.29 is 22.7 Å². The van der Waals surface area contributed by atoms with Gasteiger partial charge in [0.05, 0.1) is 27.2 Å². The summed E-state index contributed by atoms with van der Waals surface area (Å²) in [5.74, 6) is -0.660. The molecule has 4 aromatic rings. The third-order valence-corrected chi connectivity index (χ3v) is 5.72. The van der Waals surface area contributed by atoms with Crippen molar-refractivity contribution in [3.05, 3.63) is 91.6 Å². The van der Waals surface area contributed by atoms with Gasteiger partial charge in [-0.2, -0.15) is 22.9 Å². The molecule has 36 heavy (non-hydrogen) atoms. The first kappa shape index (κ1) is 25.4. The van der Waals surface area contributed by atoms with Crippen molar-refractivity contribution in [2.45, 2.75) is 6.18 Å². The maximum absolute atomic E-state index is 13.4. The number of carbonyl (C=O) groups excluding carboxylic acids is 1. The Morgan fingerprint density at radius 3 is 2.64 bits per heavy atom. The van der Waals surface area contributed by atoms with Crippen LogP contribution in [0.2, 0.25) is 5.02 Å². The molecular formula is C24H15BrClF3N4O3. The fourth-order valence-corrected chi connectivity index (χ4v) is 4.29. The molecule has 0 unspecified atom stereocenters. The predicted octanol–water partition coefficient (Wildman–Crippen LogP) is 5.24. The molecule has 0 aliphatic heterocycles. The zero-order valence-electron chi connectivity index (χ0n) is 18.1. The first-order chi connectivity index (χ1) is 17.0. The number of rotatable bonds is 6. The molecule has 0 aliphatic rings. The second-order valence-electron chi connectivity index (χ2n) is 7.45. The molecular weight excluding hydrogens is 565 g/mol. The normalized spacial score (nSPS) is 11.8. The van der Waals surface area contributed by atoms with Crippen LogP contribution >= 0.6 is 27.5 Å². The molecule has 4 rings (SSSR count). The van der Waals surface area contributed by atoms with E-state index < -0.39 is 29.8 Å². The highest BCUT2D eigenvalue weighted by Crippen LogP contribution is 2.33. The number of nitrogens with zero attached hydrogens (tertiary/aromatic N) is 3. The summed E-state index contributed by atoms with van der Waals surface area (Å²) in [7, 11) is 0. The lowest BCUT2D eigenvalue weighted by molar-refractivity contribution is -0.137. The number of ether oxygens (including phenoxy) is 1. The van der Waals surface area contributed by atoms with Gasteiger partial charge in [-0.15, -0.1) is 0 Å². The van der Waals surface area contributed by atoms with Gasteiger partial charge in [0.25, 0.3) is 11.5 Å². The molecule has 0 saturated heterocycles. The van der Waals surface area contributed by atoms with Gasteiger partial charge < -0.3 is 10.5 Å². The minimum Gasteiger partial charge on any atom is -0.482 e. The average Bonchev–Trinajstić information content (AvgIpc) is 2.82. The van der Waals surface area contributed by atoms with Crippen LogP contribution in [0.1, 0.15) is 11.1 Å². The van der Waals surface area contributed by atoms with Crippen LogP contribution in [-0.2, 0) is 11.0 Å². The summed E-state index contributed by atoms with van der Waals surface area (Å²) in [5.41, 5.74) is 4.24. The Labute approximate surface area is 215 Å². The van der Waals surface area contributed by atoms with Gasteiger partial charge in [-0.3, -0.25) is 9.59 Å². The maximum atomic E-state index is 13.4. The van der Waals surface area contributed by atoms with Crippen molar-refractivity contribution in [1.29, 1.82) is 0 Å². The summed E-state index contributed by atoms with van der Waals surface area (Å²) in [6.45, 7) is -0.436. The third kappa shape index (κ3) is 5.42. The highest BCUT2D eigenvalue weighted by molar-refractivity contribution is 9.10. The van der Waals surface area contributed by atoms with E-state index in [2.05, 4.69) is 26.0 Å². The maximum Gasteiger partial charge on any atom is 0.416 e. The van der Waals surface area contributed by atoms with E-state index in [1.54, 1.807) is 18.2 Å². The summed E-state index contributed by atoms with van der Waals surface area (Å²) in [6.07, 6.45) is -3.37. The van der Waals surface area contributed by atoms with Gasteiger partial charge in [-0.05, 0) is 52.3 Å². The van der Waals surface area contributed by atoms with E-state index >= 15 is 0 Å². The van der Waals surface area contributed by atoms with Crippen LogP contribution in [0.25, 0.3) is 22.3 Å². The number of alkyl halides is 3. The molecule has 1 heterocycles. The largest absolute Gasteiger partial charge is 0.482 e. The average molecular weight is 580 g/mol. The van der Waals surface area contributed by atoms with Crippen LogP contribution < -0.4 is 16.0 Å². The van der Waals surface area contributed by atoms with Gasteiger partial charge in [0.2, 0.25) is 0 Å². The summed E-state index contributed by atoms with van der Waals surface area (Å²) in [6, 6.07) is 13.8. The second kappa shape index (κ2) is 10.1. The third-order valence-electron chi connectivity index (χ3n) is 4.91. The number of carbonyl (C=O) groups is 1. The van der Waals surface area contributed by atoms with Crippen LogP contribution in [0.4, 0.5) is 13.2 Å². The summed E-state index contributed by atoms with van der Waals surface area (Å²) in [4.78, 5) is 28.9. The van der Waals surface area contributed by atoms with Crippen molar-refractivity contribution in [2.75, 3.05) is 6.61 Å². The SMILES string of the molecule is NC(=O)COc1c(Br)cc(Cl)cc1C=Nn1c(-c2cccc(C(F)(F)F)c2)nc2ccccc2c1=O. The molecule has 0 atom stereocenters. The number of halogens is 5. The lowest BCUT2D eigenvalue weighted by Crippen LogP contribution is -2.21. The predicted molar refractivity (Wildman–Crippen MR) is 133 cm³/mol. The molecule has 0 spiro atoms. The van der Waals surface area contributed by atoms with Gasteiger partial charge in [0.1, 0.15) is 5.75 Å². The minimum absolute atomic E-state index is 0.0299. The van der Waals surface area contributed by atoms with Gasteiger partial charge in [-0.1, -0.05) is 35.9 Å². The summed E-state index contributed by atoms with van der Waals surface area (Å²) >= 11 is 9.43. The van der Waals surface area contributed by atoms with Gasteiger partial charge in [-0.25, -0.2) is 4.98 Å². The number of hydrogen-bond acceptors (Lipinski definition) is 5. The highest BCUT2D eigenvalue weighted by Gasteiger charge is 2.31. The Kier molecular flexibility index (Phi) is 7.14. The van der Waals surface area contributed by atoms with Crippen LogP contribution in [0.5, 0.6) is 5.75 Å². The van der Waals surface area contributed by atoms with Crippen molar-refractivity contribution in [2.24, 2.45) is 10.8 Å². The number of nitrogens with two attached hydrogens (primary N) is 1. The number of aromatic nitrogens is 2. The number of primary amides is 1. The number of fused-ring (bicyclic) bond motifs is 1. The van der Waals surface area contributed by atoms with Gasteiger partial charge in [0.15, 0.2) is 12.4 Å². The number of benzene rings is 3. The lowest BCUT2D eigenvalue weighted by atomic mass is 10.1. The molecule has 0 aliphatic carbocycles. The van der Waals surface area contributed by atoms with Crippen molar-refractivity contribution >= 4 is 50.6 Å². The Bertz CT molecular complexity index is 1570. The zero-order chi connectivity index (χ0) is 26.0. The molecule has 3 aromatic carbocycles. The molecule has 7 nitrogen and oxygen atoms in total. The zero-order valence-corrected chi connectivity index (χ0v) is 20.4. The fraction of sp³-hybridized carbons (Fsp3) is 0.0833. The molecule has 12 heteroatoms. The Hall–Kier alpha value is -3.70. The molecule has 1 amide bonds. The Morgan fingerprint density at radius 1 is 1.17 bits per heavy atom. The van der Waals surface area contributed by atoms with Crippen molar-refractivity contribution in [3.8, 4) is 17.1 Å². The van der Waals surface area contributed by atoms with Crippen LogP contribution in [0, 0.1) is 0 Å². The highest BCUT2D eigenvalue weighted by atomic mass is 79.9. The minimum atomic E-state index is -4.60. The van der Waals surface area contributed by atoms with Crippen molar-refractivity contribution in [1.82, 2.24) is 9.66 Å². The van der Waals surface area contributed by atoms with E-state index in [4.69, 9.17) is 22.1 Å². The van der Waals surface area contributed by atoms with Crippen LogP contribution in [-0.4, -0.2) is 28.4 Å². The topological polar surface area (TPSA) is 99.6 Å². The van der Waals surface area contributed by atoms with Gasteiger partial charge in [0, 0.05) is 16.1 Å².